The van der Waals surface area contributed by atoms with Crippen LogP contribution >= 0.6 is 15.9 Å². The van der Waals surface area contributed by atoms with E-state index in [1.165, 1.54) is 5.56 Å². The molecular formula is C15H24BrNO. The van der Waals surface area contributed by atoms with E-state index in [4.69, 9.17) is 4.74 Å². The van der Waals surface area contributed by atoms with Crippen LogP contribution in [0.2, 0.25) is 0 Å². The molecule has 1 N–H and O–H groups in total. The van der Waals surface area contributed by atoms with E-state index in [-0.39, 0.29) is 0 Å². The van der Waals surface area contributed by atoms with E-state index in [1.54, 1.807) is 0 Å². The second kappa shape index (κ2) is 7.80. The third-order valence-corrected chi connectivity index (χ3v) is 2.96. The zero-order valence-corrected chi connectivity index (χ0v) is 13.4. The van der Waals surface area contributed by atoms with Gasteiger partial charge >= 0.3 is 0 Å². The van der Waals surface area contributed by atoms with Gasteiger partial charge in [-0.1, -0.05) is 43.6 Å². The summed E-state index contributed by atoms with van der Waals surface area (Å²) in [5.41, 5.74) is 1.21. The first kappa shape index (κ1) is 15.5. The summed E-state index contributed by atoms with van der Waals surface area (Å²) < 4.78 is 6.95. The van der Waals surface area contributed by atoms with Crippen LogP contribution in [0.4, 0.5) is 0 Å². The Hall–Kier alpha value is -0.540. The minimum atomic E-state index is 0.546. The summed E-state index contributed by atoms with van der Waals surface area (Å²) in [5, 5.41) is 3.46. The first-order valence-electron chi connectivity index (χ1n) is 6.61. The average molecular weight is 314 g/mol. The molecule has 0 saturated heterocycles. The Balaban J connectivity index is 2.64. The van der Waals surface area contributed by atoms with E-state index in [2.05, 4.69) is 55.0 Å². The van der Waals surface area contributed by atoms with Gasteiger partial charge in [-0.3, -0.25) is 0 Å². The van der Waals surface area contributed by atoms with Crippen LogP contribution in [-0.4, -0.2) is 13.2 Å². The molecule has 0 spiro atoms. The van der Waals surface area contributed by atoms with Crippen LogP contribution in [0.5, 0.6) is 5.75 Å². The summed E-state index contributed by atoms with van der Waals surface area (Å²) in [6, 6.07) is 6.20. The van der Waals surface area contributed by atoms with Gasteiger partial charge in [-0.2, -0.15) is 0 Å². The normalized spacial score (nSPS) is 11.3. The van der Waals surface area contributed by atoms with Gasteiger partial charge < -0.3 is 10.1 Å². The molecule has 0 bridgehead atoms. The predicted molar refractivity (Wildman–Crippen MR) is 81.0 cm³/mol. The van der Waals surface area contributed by atoms with Crippen molar-refractivity contribution in [2.24, 2.45) is 11.8 Å². The molecule has 1 aromatic rings. The number of nitrogens with one attached hydrogen (secondary N) is 1. The third kappa shape index (κ3) is 5.87. The highest BCUT2D eigenvalue weighted by molar-refractivity contribution is 9.10. The van der Waals surface area contributed by atoms with Crippen molar-refractivity contribution in [1.82, 2.24) is 5.32 Å². The van der Waals surface area contributed by atoms with Gasteiger partial charge in [0.05, 0.1) is 6.61 Å². The number of benzene rings is 1. The van der Waals surface area contributed by atoms with Gasteiger partial charge in [-0.25, -0.2) is 0 Å². The molecule has 0 heterocycles. The molecule has 18 heavy (non-hydrogen) atoms. The Labute approximate surface area is 119 Å². The van der Waals surface area contributed by atoms with Gasteiger partial charge in [0.2, 0.25) is 0 Å². The maximum Gasteiger partial charge on any atom is 0.123 e. The Morgan fingerprint density at radius 1 is 1.17 bits per heavy atom. The summed E-state index contributed by atoms with van der Waals surface area (Å²) in [4.78, 5) is 0. The van der Waals surface area contributed by atoms with Crippen LogP contribution in [0.15, 0.2) is 22.7 Å². The number of hydrogen-bond donors (Lipinski definition) is 1. The van der Waals surface area contributed by atoms with Gasteiger partial charge in [-0.05, 0) is 36.6 Å². The molecule has 0 aliphatic carbocycles. The third-order valence-electron chi connectivity index (χ3n) is 2.46. The summed E-state index contributed by atoms with van der Waals surface area (Å²) >= 11 is 3.51. The predicted octanol–water partition coefficient (Wildman–Crippen LogP) is 4.23. The zero-order chi connectivity index (χ0) is 13.5. The number of ether oxygens (including phenoxy) is 1. The molecule has 0 atom stereocenters. The summed E-state index contributed by atoms with van der Waals surface area (Å²) in [7, 11) is 0. The molecule has 0 fully saturated rings. The number of halogens is 1. The molecule has 0 aliphatic rings. The van der Waals surface area contributed by atoms with Gasteiger partial charge in [-0.15, -0.1) is 0 Å². The zero-order valence-electron chi connectivity index (χ0n) is 11.8. The van der Waals surface area contributed by atoms with Crippen LogP contribution in [0.1, 0.15) is 33.3 Å². The maximum atomic E-state index is 5.85. The van der Waals surface area contributed by atoms with Crippen molar-refractivity contribution in [2.75, 3.05) is 13.2 Å². The van der Waals surface area contributed by atoms with Crippen molar-refractivity contribution in [3.05, 3.63) is 28.2 Å². The molecule has 2 nitrogen and oxygen atoms in total. The fourth-order valence-corrected chi connectivity index (χ4v) is 1.99. The van der Waals surface area contributed by atoms with Crippen molar-refractivity contribution in [3.8, 4) is 5.75 Å². The first-order valence-corrected chi connectivity index (χ1v) is 7.40. The monoisotopic (exact) mass is 313 g/mol. The minimum Gasteiger partial charge on any atom is -0.493 e. The van der Waals surface area contributed by atoms with Crippen molar-refractivity contribution in [3.63, 3.8) is 0 Å². The Morgan fingerprint density at radius 3 is 2.50 bits per heavy atom. The van der Waals surface area contributed by atoms with E-state index in [0.29, 0.717) is 11.8 Å². The van der Waals surface area contributed by atoms with Crippen LogP contribution in [0, 0.1) is 11.8 Å². The highest BCUT2D eigenvalue weighted by Crippen LogP contribution is 2.23. The molecule has 102 valence electrons. The largest absolute Gasteiger partial charge is 0.493 e. The molecule has 1 rings (SSSR count). The standard InChI is InChI=1S/C15H24BrNO/c1-11(2)8-17-9-13-7-14(16)5-6-15(13)18-10-12(3)4/h5-7,11-12,17H,8-10H2,1-4H3. The molecule has 0 saturated carbocycles. The molecule has 3 heteroatoms. The Morgan fingerprint density at radius 2 is 1.89 bits per heavy atom. The van der Waals surface area contributed by atoms with Gasteiger partial charge in [0.25, 0.3) is 0 Å². The van der Waals surface area contributed by atoms with E-state index in [9.17, 15) is 0 Å². The smallest absolute Gasteiger partial charge is 0.123 e. The van der Waals surface area contributed by atoms with Gasteiger partial charge in [0, 0.05) is 16.6 Å². The van der Waals surface area contributed by atoms with Gasteiger partial charge in [0.15, 0.2) is 0 Å². The highest BCUT2D eigenvalue weighted by atomic mass is 79.9. The maximum absolute atomic E-state index is 5.85. The van der Waals surface area contributed by atoms with Crippen molar-refractivity contribution in [2.45, 2.75) is 34.2 Å². The van der Waals surface area contributed by atoms with Crippen LogP contribution in [0.25, 0.3) is 0 Å². The molecule has 0 amide bonds. The first-order chi connectivity index (χ1) is 8.49. The van der Waals surface area contributed by atoms with E-state index in [1.807, 2.05) is 12.1 Å². The second-order valence-corrected chi connectivity index (χ2v) is 6.40. The Kier molecular flexibility index (Phi) is 6.72. The quantitative estimate of drug-likeness (QED) is 0.813. The molecule has 0 radical (unpaired) electrons. The lowest BCUT2D eigenvalue weighted by Gasteiger charge is -2.15. The highest BCUT2D eigenvalue weighted by Gasteiger charge is 2.06. The average Bonchev–Trinajstić information content (AvgIpc) is 2.27. The number of rotatable bonds is 7. The lowest BCUT2D eigenvalue weighted by atomic mass is 10.1. The molecule has 0 aromatic heterocycles. The van der Waals surface area contributed by atoms with Crippen LogP contribution < -0.4 is 10.1 Å². The van der Waals surface area contributed by atoms with Crippen molar-refractivity contribution < 1.29 is 4.74 Å². The second-order valence-electron chi connectivity index (χ2n) is 5.48. The molecule has 0 unspecified atom stereocenters. The Bertz CT molecular complexity index is 364. The molecule has 0 aliphatic heterocycles. The van der Waals surface area contributed by atoms with Crippen molar-refractivity contribution in [1.29, 1.82) is 0 Å². The van der Waals surface area contributed by atoms with Crippen LogP contribution in [-0.2, 0) is 6.54 Å². The molecule has 1 aromatic carbocycles. The lowest BCUT2D eigenvalue weighted by Crippen LogP contribution is -2.19. The van der Waals surface area contributed by atoms with Crippen molar-refractivity contribution >= 4 is 15.9 Å². The summed E-state index contributed by atoms with van der Waals surface area (Å²) in [6.07, 6.45) is 0. The topological polar surface area (TPSA) is 21.3 Å². The molecular weight excluding hydrogens is 290 g/mol. The lowest BCUT2D eigenvalue weighted by molar-refractivity contribution is 0.268. The summed E-state index contributed by atoms with van der Waals surface area (Å²) in [5.74, 6) is 2.20. The fraction of sp³-hybridized carbons (Fsp3) is 0.600. The number of hydrogen-bond acceptors (Lipinski definition) is 2. The van der Waals surface area contributed by atoms with Crippen LogP contribution in [0.3, 0.4) is 0 Å². The SMILES string of the molecule is CC(C)CNCc1cc(Br)ccc1OCC(C)C. The minimum absolute atomic E-state index is 0.546. The van der Waals surface area contributed by atoms with Gasteiger partial charge in [0.1, 0.15) is 5.75 Å². The van der Waals surface area contributed by atoms with E-state index >= 15 is 0 Å². The van der Waals surface area contributed by atoms with E-state index in [0.717, 1.165) is 29.9 Å². The van der Waals surface area contributed by atoms with E-state index < -0.39 is 0 Å². The summed E-state index contributed by atoms with van der Waals surface area (Å²) in [6.45, 7) is 11.4. The fourth-order valence-electron chi connectivity index (χ4n) is 1.58.